The van der Waals surface area contributed by atoms with Crippen LogP contribution in [0, 0.1) is 5.82 Å². The summed E-state index contributed by atoms with van der Waals surface area (Å²) < 4.78 is 18.8. The predicted molar refractivity (Wildman–Crippen MR) is 112 cm³/mol. The zero-order chi connectivity index (χ0) is 19.5. The molecule has 0 saturated heterocycles. The highest BCUT2D eigenvalue weighted by atomic mass is 32.1. The number of thiazole rings is 2. The lowest BCUT2D eigenvalue weighted by molar-refractivity contribution is -0.115. The summed E-state index contributed by atoms with van der Waals surface area (Å²) in [5, 5.41) is 11.8. The maximum absolute atomic E-state index is 13.9. The van der Waals surface area contributed by atoms with Crippen molar-refractivity contribution in [3.63, 3.8) is 0 Å². The molecular formula is C19H14FN3O2S3. The van der Waals surface area contributed by atoms with Gasteiger partial charge in [0.1, 0.15) is 5.01 Å². The van der Waals surface area contributed by atoms with Crippen LogP contribution in [0.25, 0.3) is 21.8 Å². The molecule has 0 saturated carbocycles. The molecule has 0 fully saturated rings. The van der Waals surface area contributed by atoms with Gasteiger partial charge in [0.15, 0.2) is 16.7 Å². The number of halogens is 1. The summed E-state index contributed by atoms with van der Waals surface area (Å²) >= 11 is 4.42. The van der Waals surface area contributed by atoms with Crippen LogP contribution in [-0.4, -0.2) is 23.0 Å². The largest absolute Gasteiger partial charge is 0.494 e. The fourth-order valence-corrected chi connectivity index (χ4v) is 4.79. The maximum Gasteiger partial charge on any atom is 0.232 e. The molecule has 0 aliphatic heterocycles. The molecular weight excluding hydrogens is 417 g/mol. The zero-order valence-corrected chi connectivity index (χ0v) is 17.1. The van der Waals surface area contributed by atoms with E-state index in [1.165, 1.54) is 35.8 Å². The van der Waals surface area contributed by atoms with Gasteiger partial charge >= 0.3 is 0 Å². The number of methoxy groups -OCH3 is 1. The number of anilines is 1. The van der Waals surface area contributed by atoms with Gasteiger partial charge in [-0.25, -0.2) is 14.4 Å². The molecule has 1 aromatic carbocycles. The van der Waals surface area contributed by atoms with Gasteiger partial charge in [0, 0.05) is 27.3 Å². The van der Waals surface area contributed by atoms with Crippen LogP contribution in [0.3, 0.4) is 0 Å². The first kappa shape index (κ1) is 18.7. The number of nitrogens with zero attached hydrogens (tertiary/aromatic N) is 2. The number of benzene rings is 1. The summed E-state index contributed by atoms with van der Waals surface area (Å²) in [6.45, 7) is 0. The van der Waals surface area contributed by atoms with Crippen molar-refractivity contribution in [3.05, 3.63) is 57.3 Å². The van der Waals surface area contributed by atoms with Crippen LogP contribution in [0.2, 0.25) is 0 Å². The molecule has 0 radical (unpaired) electrons. The Balaban J connectivity index is 1.41. The number of amides is 1. The second-order valence-electron chi connectivity index (χ2n) is 5.77. The molecule has 28 heavy (non-hydrogen) atoms. The number of hydrogen-bond acceptors (Lipinski definition) is 7. The van der Waals surface area contributed by atoms with Gasteiger partial charge in [-0.3, -0.25) is 4.79 Å². The van der Waals surface area contributed by atoms with Crippen LogP contribution >= 0.6 is 34.0 Å². The first-order chi connectivity index (χ1) is 13.6. The van der Waals surface area contributed by atoms with E-state index in [2.05, 4.69) is 15.3 Å². The number of thiophene rings is 1. The van der Waals surface area contributed by atoms with Gasteiger partial charge in [-0.2, -0.15) is 11.3 Å². The monoisotopic (exact) mass is 431 g/mol. The topological polar surface area (TPSA) is 64.1 Å². The highest BCUT2D eigenvalue weighted by molar-refractivity contribution is 7.14. The number of carbonyl (C=O) groups excluding carboxylic acids is 1. The second-order valence-corrected chi connectivity index (χ2v) is 8.26. The first-order valence-electron chi connectivity index (χ1n) is 8.18. The van der Waals surface area contributed by atoms with Gasteiger partial charge in [0.25, 0.3) is 0 Å². The minimum Gasteiger partial charge on any atom is -0.494 e. The number of aromatic nitrogens is 2. The summed E-state index contributed by atoms with van der Waals surface area (Å²) in [5.74, 6) is -0.467. The van der Waals surface area contributed by atoms with E-state index in [1.54, 1.807) is 28.8 Å². The average Bonchev–Trinajstić information content (AvgIpc) is 3.43. The Labute approximate surface area is 172 Å². The fraction of sp³-hybridized carbons (Fsp3) is 0.105. The molecule has 9 heteroatoms. The van der Waals surface area contributed by atoms with E-state index in [4.69, 9.17) is 4.74 Å². The Kier molecular flexibility index (Phi) is 5.47. The molecule has 0 aliphatic rings. The normalized spacial score (nSPS) is 10.8. The molecule has 0 spiro atoms. The van der Waals surface area contributed by atoms with E-state index < -0.39 is 5.82 Å². The van der Waals surface area contributed by atoms with Crippen LogP contribution in [0.1, 0.15) is 5.69 Å². The molecule has 3 aromatic heterocycles. The van der Waals surface area contributed by atoms with Gasteiger partial charge in [0.05, 0.1) is 24.9 Å². The zero-order valence-electron chi connectivity index (χ0n) is 14.6. The SMILES string of the molecule is COc1ccc(-c2csc(NC(=O)Cc3csc(-c4ccsc4)n3)n2)cc1F. The van der Waals surface area contributed by atoms with Crippen LogP contribution in [0.15, 0.2) is 45.8 Å². The Morgan fingerprint density at radius 2 is 2.04 bits per heavy atom. The lowest BCUT2D eigenvalue weighted by atomic mass is 10.1. The van der Waals surface area contributed by atoms with Crippen molar-refractivity contribution < 1.29 is 13.9 Å². The minimum absolute atomic E-state index is 0.173. The molecule has 3 heterocycles. The molecule has 0 bridgehead atoms. The van der Waals surface area contributed by atoms with Crippen molar-refractivity contribution >= 4 is 45.0 Å². The third kappa shape index (κ3) is 4.11. The number of nitrogens with one attached hydrogen (secondary N) is 1. The van der Waals surface area contributed by atoms with Gasteiger partial charge in [-0.05, 0) is 29.6 Å². The summed E-state index contributed by atoms with van der Waals surface area (Å²) in [5.41, 5.74) is 3.00. The second kappa shape index (κ2) is 8.17. The lowest BCUT2D eigenvalue weighted by Gasteiger charge is -2.03. The van der Waals surface area contributed by atoms with Crippen molar-refractivity contribution in [2.45, 2.75) is 6.42 Å². The first-order valence-corrected chi connectivity index (χ1v) is 10.9. The van der Waals surface area contributed by atoms with Crippen LogP contribution in [0.5, 0.6) is 5.75 Å². The average molecular weight is 432 g/mol. The fourth-order valence-electron chi connectivity index (χ4n) is 2.52. The molecule has 1 amide bonds. The number of ether oxygens (including phenoxy) is 1. The molecule has 0 atom stereocenters. The molecule has 142 valence electrons. The number of hydrogen-bond donors (Lipinski definition) is 1. The van der Waals surface area contributed by atoms with Crippen LogP contribution in [0.4, 0.5) is 9.52 Å². The van der Waals surface area contributed by atoms with E-state index in [0.29, 0.717) is 16.4 Å². The minimum atomic E-state index is -0.455. The summed E-state index contributed by atoms with van der Waals surface area (Å²) in [6, 6.07) is 6.65. The van der Waals surface area contributed by atoms with Crippen LogP contribution < -0.4 is 10.1 Å². The highest BCUT2D eigenvalue weighted by Crippen LogP contribution is 2.29. The molecule has 4 aromatic rings. The van der Waals surface area contributed by atoms with E-state index in [0.717, 1.165) is 16.3 Å². The standard InChI is InChI=1S/C19H14FN3O2S3/c1-25-16-3-2-11(6-14(16)20)15-10-28-19(22-15)23-17(24)7-13-9-27-18(21-13)12-4-5-26-8-12/h2-6,8-10H,7H2,1H3,(H,22,23,24). The smallest absolute Gasteiger partial charge is 0.232 e. The Hall–Kier alpha value is -2.62. The van der Waals surface area contributed by atoms with Gasteiger partial charge in [0.2, 0.25) is 5.91 Å². The van der Waals surface area contributed by atoms with E-state index in [9.17, 15) is 9.18 Å². The van der Waals surface area contributed by atoms with E-state index >= 15 is 0 Å². The third-order valence-electron chi connectivity index (χ3n) is 3.86. The van der Waals surface area contributed by atoms with Crippen LogP contribution in [-0.2, 0) is 11.2 Å². The molecule has 4 rings (SSSR count). The van der Waals surface area contributed by atoms with Crippen molar-refractivity contribution in [1.29, 1.82) is 0 Å². The van der Waals surface area contributed by atoms with Gasteiger partial charge in [-0.1, -0.05) is 0 Å². The molecule has 1 N–H and O–H groups in total. The van der Waals surface area contributed by atoms with Crippen molar-refractivity contribution in [2.24, 2.45) is 0 Å². The molecule has 0 aliphatic carbocycles. The Morgan fingerprint density at radius 3 is 2.79 bits per heavy atom. The summed E-state index contributed by atoms with van der Waals surface area (Å²) in [6.07, 6.45) is 0.173. The van der Waals surface area contributed by atoms with Crippen molar-refractivity contribution in [1.82, 2.24) is 9.97 Å². The predicted octanol–water partition coefficient (Wildman–Crippen LogP) is 5.32. The number of rotatable bonds is 6. The Morgan fingerprint density at radius 1 is 1.14 bits per heavy atom. The lowest BCUT2D eigenvalue weighted by Crippen LogP contribution is -2.14. The summed E-state index contributed by atoms with van der Waals surface area (Å²) in [7, 11) is 1.42. The number of carbonyl (C=O) groups is 1. The maximum atomic E-state index is 13.9. The van der Waals surface area contributed by atoms with Crippen molar-refractivity contribution in [2.75, 3.05) is 12.4 Å². The quantitative estimate of drug-likeness (QED) is 0.449. The Bertz CT molecular complexity index is 1110. The summed E-state index contributed by atoms with van der Waals surface area (Å²) in [4.78, 5) is 21.2. The van der Waals surface area contributed by atoms with Gasteiger partial charge in [-0.15, -0.1) is 22.7 Å². The van der Waals surface area contributed by atoms with E-state index in [1.807, 2.05) is 22.2 Å². The third-order valence-corrected chi connectivity index (χ3v) is 6.24. The highest BCUT2D eigenvalue weighted by Gasteiger charge is 2.13. The molecule has 0 unspecified atom stereocenters. The van der Waals surface area contributed by atoms with E-state index in [-0.39, 0.29) is 18.1 Å². The molecule has 5 nitrogen and oxygen atoms in total. The van der Waals surface area contributed by atoms with Crippen molar-refractivity contribution in [3.8, 4) is 27.6 Å². The van der Waals surface area contributed by atoms with Gasteiger partial charge < -0.3 is 10.1 Å².